The zero-order valence-electron chi connectivity index (χ0n) is 15.1. The number of amides is 1. The summed E-state index contributed by atoms with van der Waals surface area (Å²) in [5, 5.41) is 17.4. The Kier molecular flexibility index (Phi) is 5.47. The van der Waals surface area contributed by atoms with Gasteiger partial charge in [-0.1, -0.05) is 0 Å². The van der Waals surface area contributed by atoms with E-state index in [1.54, 1.807) is 12.1 Å². The van der Waals surface area contributed by atoms with Crippen LogP contribution in [-0.4, -0.2) is 48.2 Å². The Balaban J connectivity index is 1.85. The van der Waals surface area contributed by atoms with E-state index in [-0.39, 0.29) is 30.4 Å². The Morgan fingerprint density at radius 1 is 1.32 bits per heavy atom. The second-order valence-electron chi connectivity index (χ2n) is 6.34. The van der Waals surface area contributed by atoms with Crippen LogP contribution < -0.4 is 10.1 Å². The van der Waals surface area contributed by atoms with Gasteiger partial charge in [0.25, 0.3) is 0 Å². The molecule has 0 saturated heterocycles. The number of rotatable bonds is 7. The third-order valence-corrected chi connectivity index (χ3v) is 3.64. The lowest BCUT2D eigenvalue weighted by molar-refractivity contribution is -0.141. The highest BCUT2D eigenvalue weighted by molar-refractivity contribution is 6.00. The average Bonchev–Trinajstić information content (AvgIpc) is 3.20. The van der Waals surface area contributed by atoms with Crippen LogP contribution in [0.1, 0.15) is 20.3 Å². The molecule has 0 bridgehead atoms. The molecule has 0 saturated carbocycles. The molecule has 0 aliphatic heterocycles. The first-order valence-corrected chi connectivity index (χ1v) is 8.46. The van der Waals surface area contributed by atoms with Crippen LogP contribution >= 0.6 is 0 Å². The van der Waals surface area contributed by atoms with Gasteiger partial charge in [-0.25, -0.2) is 4.68 Å². The predicted octanol–water partition coefficient (Wildman–Crippen LogP) is 2.40. The third-order valence-electron chi connectivity index (χ3n) is 3.64. The molecule has 150 valence electrons. The fourth-order valence-corrected chi connectivity index (χ4v) is 2.58. The Bertz CT molecular complexity index is 951. The van der Waals surface area contributed by atoms with Crippen LogP contribution in [0, 0.1) is 0 Å². The van der Waals surface area contributed by atoms with E-state index >= 15 is 0 Å². The van der Waals surface area contributed by atoms with Gasteiger partial charge >= 0.3 is 6.18 Å². The summed E-state index contributed by atoms with van der Waals surface area (Å²) in [7, 11) is 0. The average molecular weight is 397 g/mol. The number of benzene rings is 1. The van der Waals surface area contributed by atoms with E-state index < -0.39 is 18.6 Å². The second-order valence-corrected chi connectivity index (χ2v) is 6.34. The summed E-state index contributed by atoms with van der Waals surface area (Å²) >= 11 is 0. The summed E-state index contributed by atoms with van der Waals surface area (Å²) in [6, 6.07) is 4.67. The number of carbonyl (C=O) groups is 1. The summed E-state index contributed by atoms with van der Waals surface area (Å²) in [4.78, 5) is 12.2. The van der Waals surface area contributed by atoms with Crippen molar-refractivity contribution in [3.05, 3.63) is 24.5 Å². The lowest BCUT2D eigenvalue weighted by Crippen LogP contribution is -2.19. The van der Waals surface area contributed by atoms with Crippen molar-refractivity contribution in [3.63, 3.8) is 0 Å². The molecule has 12 heteroatoms. The van der Waals surface area contributed by atoms with Crippen molar-refractivity contribution >= 4 is 22.6 Å². The topological polar surface area (TPSA) is 99.8 Å². The molecule has 0 aliphatic rings. The van der Waals surface area contributed by atoms with Crippen LogP contribution in [0.3, 0.4) is 0 Å². The first kappa shape index (κ1) is 19.6. The number of fused-ring (bicyclic) bond motifs is 1. The van der Waals surface area contributed by atoms with Gasteiger partial charge in [-0.3, -0.25) is 9.48 Å². The summed E-state index contributed by atoms with van der Waals surface area (Å²) in [6.07, 6.45) is -3.21. The van der Waals surface area contributed by atoms with Crippen LogP contribution in [0.4, 0.5) is 19.0 Å². The molecule has 9 nitrogen and oxygen atoms in total. The lowest BCUT2D eigenvalue weighted by Gasteiger charge is -2.11. The molecular formula is C16H18F3N7O2. The normalized spacial score (nSPS) is 11.9. The zero-order valence-corrected chi connectivity index (χ0v) is 15.1. The Morgan fingerprint density at radius 3 is 2.75 bits per heavy atom. The molecule has 1 N–H and O–H groups in total. The number of hydrogen-bond donors (Lipinski definition) is 1. The van der Waals surface area contributed by atoms with Gasteiger partial charge in [0.2, 0.25) is 5.91 Å². The van der Waals surface area contributed by atoms with E-state index in [4.69, 9.17) is 4.74 Å². The third kappa shape index (κ3) is 4.96. The van der Waals surface area contributed by atoms with E-state index in [9.17, 15) is 18.0 Å². The van der Waals surface area contributed by atoms with Gasteiger partial charge in [0, 0.05) is 17.9 Å². The maximum Gasteiger partial charge on any atom is 0.408 e. The highest BCUT2D eigenvalue weighted by atomic mass is 19.4. The molecule has 0 radical (unpaired) electrons. The predicted molar refractivity (Wildman–Crippen MR) is 92.6 cm³/mol. The van der Waals surface area contributed by atoms with Crippen molar-refractivity contribution in [1.29, 1.82) is 0 Å². The zero-order chi connectivity index (χ0) is 20.3. The molecular weight excluding hydrogens is 379 g/mol. The number of aromatic nitrogens is 6. The number of halogens is 3. The molecule has 3 rings (SSSR count). The second kappa shape index (κ2) is 7.82. The van der Waals surface area contributed by atoms with E-state index in [0.29, 0.717) is 11.1 Å². The van der Waals surface area contributed by atoms with Gasteiger partial charge < -0.3 is 10.1 Å². The van der Waals surface area contributed by atoms with Gasteiger partial charge in [-0.05, 0) is 36.4 Å². The monoisotopic (exact) mass is 397 g/mol. The number of nitrogens with zero attached hydrogens (tertiary/aromatic N) is 6. The van der Waals surface area contributed by atoms with Crippen molar-refractivity contribution in [2.45, 2.75) is 45.6 Å². The van der Waals surface area contributed by atoms with E-state index in [1.165, 1.54) is 17.1 Å². The summed E-state index contributed by atoms with van der Waals surface area (Å²) in [5.74, 6) is 0.0519. The standard InChI is InChI=1S/C16H18F3N7O2/c1-10(2)28-11-3-4-12-13(7-11)26(8-16(17,18)19)22-15(12)21-14(27)5-6-25-9-20-23-24-25/h3-4,7,9-10H,5-6,8H2,1-2H3,(H,21,22,27). The number of ether oxygens (including phenoxy) is 1. The largest absolute Gasteiger partial charge is 0.491 e. The molecule has 0 atom stereocenters. The Hall–Kier alpha value is -3.18. The van der Waals surface area contributed by atoms with Gasteiger partial charge in [0.15, 0.2) is 5.82 Å². The molecule has 0 unspecified atom stereocenters. The minimum absolute atomic E-state index is 0.0349. The van der Waals surface area contributed by atoms with Crippen molar-refractivity contribution in [2.24, 2.45) is 0 Å². The van der Waals surface area contributed by atoms with Crippen molar-refractivity contribution < 1.29 is 22.7 Å². The quantitative estimate of drug-likeness (QED) is 0.657. The molecule has 2 heterocycles. The van der Waals surface area contributed by atoms with Crippen molar-refractivity contribution in [3.8, 4) is 5.75 Å². The molecule has 0 fully saturated rings. The number of carbonyl (C=O) groups excluding carboxylic acids is 1. The van der Waals surface area contributed by atoms with Gasteiger partial charge in [0.1, 0.15) is 18.6 Å². The first-order valence-electron chi connectivity index (χ1n) is 8.46. The molecule has 3 aromatic rings. The van der Waals surface area contributed by atoms with E-state index in [2.05, 4.69) is 25.9 Å². The molecule has 0 spiro atoms. The molecule has 1 aromatic carbocycles. The summed E-state index contributed by atoms with van der Waals surface area (Å²) in [6.45, 7) is 2.57. The number of hydrogen-bond acceptors (Lipinski definition) is 6. The maximum absolute atomic E-state index is 12.9. The Labute approximate surface area is 157 Å². The highest BCUT2D eigenvalue weighted by Crippen LogP contribution is 2.30. The maximum atomic E-state index is 12.9. The number of aryl methyl sites for hydroxylation is 1. The Morgan fingerprint density at radius 2 is 2.11 bits per heavy atom. The summed E-state index contributed by atoms with van der Waals surface area (Å²) < 4.78 is 46.5. The van der Waals surface area contributed by atoms with Gasteiger partial charge in [0.05, 0.1) is 18.2 Å². The van der Waals surface area contributed by atoms with E-state index in [1.807, 2.05) is 13.8 Å². The van der Waals surface area contributed by atoms with Crippen molar-refractivity contribution in [2.75, 3.05) is 5.32 Å². The first-order chi connectivity index (χ1) is 13.2. The SMILES string of the molecule is CC(C)Oc1ccc2c(NC(=O)CCn3cnnn3)nn(CC(F)(F)F)c2c1. The molecule has 28 heavy (non-hydrogen) atoms. The van der Waals surface area contributed by atoms with Crippen LogP contribution in [0.5, 0.6) is 5.75 Å². The highest BCUT2D eigenvalue weighted by Gasteiger charge is 2.30. The minimum atomic E-state index is -4.46. The smallest absolute Gasteiger partial charge is 0.408 e. The van der Waals surface area contributed by atoms with Gasteiger partial charge in [-0.15, -0.1) is 5.10 Å². The van der Waals surface area contributed by atoms with Crippen LogP contribution in [0.15, 0.2) is 24.5 Å². The van der Waals surface area contributed by atoms with Crippen molar-refractivity contribution in [1.82, 2.24) is 30.0 Å². The number of alkyl halides is 3. The fraction of sp³-hybridized carbons (Fsp3) is 0.438. The molecule has 2 aromatic heterocycles. The van der Waals surface area contributed by atoms with Crippen LogP contribution in [0.25, 0.3) is 10.9 Å². The summed E-state index contributed by atoms with van der Waals surface area (Å²) in [5.41, 5.74) is 0.214. The number of anilines is 1. The van der Waals surface area contributed by atoms with Gasteiger partial charge in [-0.2, -0.15) is 18.3 Å². The molecule has 1 amide bonds. The molecule has 0 aliphatic carbocycles. The van der Waals surface area contributed by atoms with Crippen LogP contribution in [0.2, 0.25) is 0 Å². The van der Waals surface area contributed by atoms with Crippen LogP contribution in [-0.2, 0) is 17.9 Å². The fourth-order valence-electron chi connectivity index (χ4n) is 2.58. The lowest BCUT2D eigenvalue weighted by atomic mass is 10.2. The minimum Gasteiger partial charge on any atom is -0.491 e. The number of nitrogens with one attached hydrogen (secondary N) is 1. The van der Waals surface area contributed by atoms with E-state index in [0.717, 1.165) is 4.68 Å². The number of tetrazole rings is 1.